The Morgan fingerprint density at radius 2 is 1.94 bits per heavy atom. The number of nitro benzene ring substituents is 1. The van der Waals surface area contributed by atoms with E-state index >= 15 is 0 Å². The van der Waals surface area contributed by atoms with Crippen molar-refractivity contribution in [1.29, 1.82) is 0 Å². The molecule has 4 rings (SSSR count). The van der Waals surface area contributed by atoms with Crippen LogP contribution in [0.25, 0.3) is 0 Å². The first-order valence-electron chi connectivity index (χ1n) is 10.6. The number of halogens is 1. The van der Waals surface area contributed by atoms with Gasteiger partial charge in [-0.25, -0.2) is 9.07 Å². The molecule has 3 aromatic rings. The third-order valence-corrected chi connectivity index (χ3v) is 5.48. The minimum Gasteiger partial charge on any atom is -0.464 e. The van der Waals surface area contributed by atoms with Gasteiger partial charge in [-0.1, -0.05) is 29.8 Å². The van der Waals surface area contributed by atoms with Gasteiger partial charge in [0.25, 0.3) is 5.91 Å². The molecule has 1 fully saturated rings. The molecule has 9 nitrogen and oxygen atoms in total. The highest BCUT2D eigenvalue weighted by atomic mass is 19.1. The molecule has 1 aromatic heterocycles. The van der Waals surface area contributed by atoms with Gasteiger partial charge in [0.15, 0.2) is 12.4 Å². The van der Waals surface area contributed by atoms with Crippen molar-refractivity contribution in [2.75, 3.05) is 26.2 Å². The smallest absolute Gasteiger partial charge is 0.311 e. The van der Waals surface area contributed by atoms with Gasteiger partial charge < -0.3 is 9.64 Å². The van der Waals surface area contributed by atoms with Crippen molar-refractivity contribution in [2.24, 2.45) is 0 Å². The van der Waals surface area contributed by atoms with Crippen LogP contribution in [0.3, 0.4) is 0 Å². The molecule has 0 N–H and O–H groups in total. The number of carbonyl (C=O) groups excluding carboxylic acids is 1. The van der Waals surface area contributed by atoms with Crippen LogP contribution in [0, 0.1) is 22.9 Å². The monoisotopic (exact) mass is 453 g/mol. The minimum absolute atomic E-state index is 0.180. The summed E-state index contributed by atoms with van der Waals surface area (Å²) in [5.74, 6) is -1.03. The summed E-state index contributed by atoms with van der Waals surface area (Å²) < 4.78 is 20.2. The highest BCUT2D eigenvalue weighted by Crippen LogP contribution is 2.27. The lowest BCUT2D eigenvalue weighted by Crippen LogP contribution is -2.48. The lowest BCUT2D eigenvalue weighted by Gasteiger charge is -2.34. The molecule has 0 atom stereocenters. The highest BCUT2D eigenvalue weighted by Gasteiger charge is 2.24. The van der Waals surface area contributed by atoms with Crippen LogP contribution in [0.2, 0.25) is 0 Å². The third-order valence-electron chi connectivity index (χ3n) is 5.48. The van der Waals surface area contributed by atoms with E-state index in [0.717, 1.165) is 37.8 Å². The second-order valence-corrected chi connectivity index (χ2v) is 7.94. The first-order chi connectivity index (χ1) is 15.9. The van der Waals surface area contributed by atoms with Crippen LogP contribution in [0.4, 0.5) is 10.1 Å². The van der Waals surface area contributed by atoms with E-state index in [-0.39, 0.29) is 29.8 Å². The number of nitro groups is 1. The SMILES string of the molecule is Cc1cccc(CN2CCN(C(=O)c3ccn(COc4cc(F)ccc4[N+](=O)[O-])n3)CC2)c1. The summed E-state index contributed by atoms with van der Waals surface area (Å²) in [6, 6.07) is 13.0. The van der Waals surface area contributed by atoms with Crippen molar-refractivity contribution < 1.29 is 18.8 Å². The Morgan fingerprint density at radius 3 is 2.67 bits per heavy atom. The minimum atomic E-state index is -0.647. The fourth-order valence-electron chi connectivity index (χ4n) is 3.78. The van der Waals surface area contributed by atoms with Crippen molar-refractivity contribution >= 4 is 11.6 Å². The Balaban J connectivity index is 1.31. The van der Waals surface area contributed by atoms with Gasteiger partial charge in [-0.15, -0.1) is 0 Å². The van der Waals surface area contributed by atoms with E-state index < -0.39 is 10.7 Å². The van der Waals surface area contributed by atoms with Gasteiger partial charge in [0.1, 0.15) is 5.82 Å². The molecule has 10 heteroatoms. The fraction of sp³-hybridized carbons (Fsp3) is 0.304. The maximum Gasteiger partial charge on any atom is 0.311 e. The fourth-order valence-corrected chi connectivity index (χ4v) is 3.78. The number of hydrogen-bond acceptors (Lipinski definition) is 6. The normalized spacial score (nSPS) is 14.3. The maximum absolute atomic E-state index is 13.4. The molecular formula is C23H24FN5O4. The molecule has 1 saturated heterocycles. The number of ether oxygens (including phenoxy) is 1. The molecule has 0 bridgehead atoms. The molecular weight excluding hydrogens is 429 g/mol. The Kier molecular flexibility index (Phi) is 6.64. The van der Waals surface area contributed by atoms with Crippen molar-refractivity contribution in [2.45, 2.75) is 20.2 Å². The Labute approximate surface area is 190 Å². The molecule has 2 aromatic carbocycles. The number of carbonyl (C=O) groups is 1. The average Bonchev–Trinajstić information content (AvgIpc) is 3.27. The molecule has 0 spiro atoms. The number of nitrogens with zero attached hydrogens (tertiary/aromatic N) is 5. The first-order valence-corrected chi connectivity index (χ1v) is 10.6. The Morgan fingerprint density at radius 1 is 1.15 bits per heavy atom. The molecule has 1 amide bonds. The summed E-state index contributed by atoms with van der Waals surface area (Å²) in [6.45, 7) is 5.47. The topological polar surface area (TPSA) is 93.7 Å². The van der Waals surface area contributed by atoms with E-state index in [9.17, 15) is 19.3 Å². The molecule has 2 heterocycles. The van der Waals surface area contributed by atoms with Crippen molar-refractivity contribution in [1.82, 2.24) is 19.6 Å². The van der Waals surface area contributed by atoms with Crippen LogP contribution in [0.1, 0.15) is 21.6 Å². The number of hydrogen-bond donors (Lipinski definition) is 0. The average molecular weight is 453 g/mol. The van der Waals surface area contributed by atoms with E-state index in [1.807, 2.05) is 0 Å². The van der Waals surface area contributed by atoms with Gasteiger partial charge in [0.2, 0.25) is 5.75 Å². The molecule has 0 aliphatic carbocycles. The number of rotatable bonds is 7. The van der Waals surface area contributed by atoms with Gasteiger partial charge in [0, 0.05) is 51.1 Å². The summed E-state index contributed by atoms with van der Waals surface area (Å²) in [5, 5.41) is 15.3. The predicted molar refractivity (Wildman–Crippen MR) is 118 cm³/mol. The number of benzene rings is 2. The summed E-state index contributed by atoms with van der Waals surface area (Å²) in [5.41, 5.74) is 2.41. The zero-order valence-electron chi connectivity index (χ0n) is 18.2. The number of aryl methyl sites for hydroxylation is 1. The quantitative estimate of drug-likeness (QED) is 0.403. The molecule has 33 heavy (non-hydrogen) atoms. The number of piperazine rings is 1. The lowest BCUT2D eigenvalue weighted by molar-refractivity contribution is -0.386. The van der Waals surface area contributed by atoms with Crippen LogP contribution in [-0.2, 0) is 13.3 Å². The highest BCUT2D eigenvalue weighted by molar-refractivity contribution is 5.92. The second kappa shape index (κ2) is 9.78. The van der Waals surface area contributed by atoms with Crippen LogP contribution in [0.5, 0.6) is 5.75 Å². The van der Waals surface area contributed by atoms with Crippen LogP contribution in [-0.4, -0.2) is 56.6 Å². The summed E-state index contributed by atoms with van der Waals surface area (Å²) in [4.78, 5) is 27.3. The van der Waals surface area contributed by atoms with Gasteiger partial charge >= 0.3 is 5.69 Å². The Bertz CT molecular complexity index is 1160. The summed E-state index contributed by atoms with van der Waals surface area (Å²) >= 11 is 0. The van der Waals surface area contributed by atoms with E-state index in [1.165, 1.54) is 15.8 Å². The van der Waals surface area contributed by atoms with Crippen molar-refractivity contribution in [3.8, 4) is 5.75 Å². The van der Waals surface area contributed by atoms with Crippen molar-refractivity contribution in [3.05, 3.63) is 87.5 Å². The van der Waals surface area contributed by atoms with Gasteiger partial charge in [0.05, 0.1) is 4.92 Å². The summed E-state index contributed by atoms with van der Waals surface area (Å²) in [7, 11) is 0. The van der Waals surface area contributed by atoms with Crippen LogP contribution in [0.15, 0.2) is 54.7 Å². The van der Waals surface area contributed by atoms with Gasteiger partial charge in [-0.3, -0.25) is 19.8 Å². The molecule has 1 aliphatic rings. The number of aromatic nitrogens is 2. The second-order valence-electron chi connectivity index (χ2n) is 7.94. The van der Waals surface area contributed by atoms with Gasteiger partial charge in [-0.05, 0) is 24.6 Å². The van der Waals surface area contributed by atoms with E-state index in [1.54, 1.807) is 17.2 Å². The Hall–Kier alpha value is -3.79. The van der Waals surface area contributed by atoms with E-state index in [2.05, 4.69) is 41.2 Å². The van der Waals surface area contributed by atoms with E-state index in [0.29, 0.717) is 13.1 Å². The maximum atomic E-state index is 13.4. The number of amides is 1. The molecule has 0 unspecified atom stereocenters. The molecule has 1 aliphatic heterocycles. The lowest BCUT2D eigenvalue weighted by atomic mass is 10.1. The van der Waals surface area contributed by atoms with Gasteiger partial charge in [-0.2, -0.15) is 5.10 Å². The van der Waals surface area contributed by atoms with Crippen LogP contribution >= 0.6 is 0 Å². The summed E-state index contributed by atoms with van der Waals surface area (Å²) in [6.07, 6.45) is 1.55. The third kappa shape index (κ3) is 5.53. The zero-order chi connectivity index (χ0) is 23.4. The first kappa shape index (κ1) is 22.4. The van der Waals surface area contributed by atoms with E-state index in [4.69, 9.17) is 4.74 Å². The van der Waals surface area contributed by atoms with Crippen molar-refractivity contribution in [3.63, 3.8) is 0 Å². The molecule has 0 radical (unpaired) electrons. The molecule has 0 saturated carbocycles. The molecule has 172 valence electrons. The largest absolute Gasteiger partial charge is 0.464 e. The predicted octanol–water partition coefficient (Wildman–Crippen LogP) is 3.23. The van der Waals surface area contributed by atoms with Crippen LogP contribution < -0.4 is 4.74 Å². The standard InChI is InChI=1S/C23H24FN5O4/c1-17-3-2-4-18(13-17)15-26-9-11-27(12-10-26)23(30)20-7-8-28(25-20)16-33-22-14-19(24)5-6-21(22)29(31)32/h2-8,13-14H,9-12,15-16H2,1H3. The zero-order valence-corrected chi connectivity index (χ0v) is 18.2.